The third-order valence-electron chi connectivity index (χ3n) is 3.57. The number of carbonyl (C=O) groups is 1. The van der Waals surface area contributed by atoms with E-state index in [1.165, 1.54) is 0 Å². The van der Waals surface area contributed by atoms with Crippen molar-refractivity contribution in [3.63, 3.8) is 0 Å². The molecule has 1 saturated heterocycles. The first kappa shape index (κ1) is 15.8. The molecular weight excluding hydrogens is 266 g/mol. The van der Waals surface area contributed by atoms with Crippen molar-refractivity contribution in [1.29, 1.82) is 0 Å². The number of carbonyl (C=O) groups excluding carboxylic acids is 1. The van der Waals surface area contributed by atoms with Gasteiger partial charge in [-0.15, -0.1) is 0 Å². The number of anilines is 1. The van der Waals surface area contributed by atoms with Gasteiger partial charge in [-0.3, -0.25) is 4.79 Å². The van der Waals surface area contributed by atoms with Gasteiger partial charge in [0.2, 0.25) is 0 Å². The van der Waals surface area contributed by atoms with Gasteiger partial charge in [0, 0.05) is 30.9 Å². The van der Waals surface area contributed by atoms with Crippen LogP contribution in [-0.4, -0.2) is 48.1 Å². The Morgan fingerprint density at radius 3 is 2.90 bits per heavy atom. The van der Waals surface area contributed by atoms with Crippen LogP contribution in [0.2, 0.25) is 0 Å². The summed E-state index contributed by atoms with van der Waals surface area (Å²) in [5.41, 5.74) is 1.65. The molecule has 1 fully saturated rings. The topological polar surface area (TPSA) is 54.5 Å². The minimum atomic E-state index is 0.0635. The molecule has 0 aromatic carbocycles. The molecule has 1 atom stereocenters. The van der Waals surface area contributed by atoms with Crippen molar-refractivity contribution in [1.82, 2.24) is 9.88 Å². The van der Waals surface area contributed by atoms with Gasteiger partial charge in [0.25, 0.3) is 5.91 Å². The summed E-state index contributed by atoms with van der Waals surface area (Å²) in [6.45, 7) is 10.9. The van der Waals surface area contributed by atoms with Crippen LogP contribution in [0.15, 0.2) is 12.1 Å². The summed E-state index contributed by atoms with van der Waals surface area (Å²) < 4.78 is 5.50. The highest BCUT2D eigenvalue weighted by Crippen LogP contribution is 2.19. The molecule has 1 aromatic heterocycles. The van der Waals surface area contributed by atoms with Crippen LogP contribution in [0, 0.1) is 0 Å². The summed E-state index contributed by atoms with van der Waals surface area (Å²) in [5.74, 6) is 1.13. The van der Waals surface area contributed by atoms with E-state index in [9.17, 15) is 4.79 Å². The van der Waals surface area contributed by atoms with Crippen molar-refractivity contribution in [3.8, 4) is 0 Å². The van der Waals surface area contributed by atoms with Crippen LogP contribution < -0.4 is 5.32 Å². The van der Waals surface area contributed by atoms with E-state index >= 15 is 0 Å². The van der Waals surface area contributed by atoms with E-state index in [1.54, 1.807) is 0 Å². The lowest BCUT2D eigenvalue weighted by Crippen LogP contribution is -2.44. The van der Waals surface area contributed by atoms with Crippen LogP contribution in [0.3, 0.4) is 0 Å². The maximum Gasteiger partial charge on any atom is 0.254 e. The molecule has 1 N–H and O–H groups in total. The molecule has 1 unspecified atom stereocenters. The maximum atomic E-state index is 12.7. The van der Waals surface area contributed by atoms with E-state index < -0.39 is 0 Å². The zero-order chi connectivity index (χ0) is 15.4. The van der Waals surface area contributed by atoms with E-state index in [0.717, 1.165) is 18.1 Å². The summed E-state index contributed by atoms with van der Waals surface area (Å²) in [6, 6.07) is 3.76. The minimum Gasteiger partial charge on any atom is -0.375 e. The number of nitrogens with zero attached hydrogens (tertiary/aromatic N) is 2. The van der Waals surface area contributed by atoms with E-state index in [0.29, 0.717) is 31.2 Å². The summed E-state index contributed by atoms with van der Waals surface area (Å²) in [4.78, 5) is 19.1. The Morgan fingerprint density at radius 1 is 1.52 bits per heavy atom. The standard InChI is InChI=1S/C16H25N3O2/c1-5-17-15-9-13(8-14(18-15)11(2)3)16(20)19-6-7-21-12(4)10-19/h8-9,11-12H,5-7,10H2,1-4H3,(H,17,18). The molecule has 5 nitrogen and oxygen atoms in total. The van der Waals surface area contributed by atoms with Crippen molar-refractivity contribution >= 4 is 11.7 Å². The fourth-order valence-corrected chi connectivity index (χ4v) is 2.43. The molecule has 0 saturated carbocycles. The summed E-state index contributed by atoms with van der Waals surface area (Å²) >= 11 is 0. The third kappa shape index (κ3) is 3.94. The number of pyridine rings is 1. The highest BCUT2D eigenvalue weighted by Gasteiger charge is 2.23. The van der Waals surface area contributed by atoms with Gasteiger partial charge in [-0.2, -0.15) is 0 Å². The van der Waals surface area contributed by atoms with Gasteiger partial charge in [0.15, 0.2) is 0 Å². The number of aromatic nitrogens is 1. The normalized spacial score (nSPS) is 18.9. The average molecular weight is 291 g/mol. The zero-order valence-corrected chi connectivity index (χ0v) is 13.3. The van der Waals surface area contributed by atoms with Crippen LogP contribution in [0.5, 0.6) is 0 Å². The van der Waals surface area contributed by atoms with Gasteiger partial charge in [0.1, 0.15) is 5.82 Å². The Bertz CT molecular complexity index is 502. The van der Waals surface area contributed by atoms with E-state index in [1.807, 2.05) is 30.9 Å². The number of rotatable bonds is 4. The molecule has 0 aliphatic carbocycles. The van der Waals surface area contributed by atoms with Gasteiger partial charge in [-0.25, -0.2) is 4.98 Å². The molecular formula is C16H25N3O2. The average Bonchev–Trinajstić information content (AvgIpc) is 2.46. The number of nitrogens with one attached hydrogen (secondary N) is 1. The van der Waals surface area contributed by atoms with E-state index in [4.69, 9.17) is 4.74 Å². The molecule has 1 aliphatic heterocycles. The van der Waals surface area contributed by atoms with E-state index in [-0.39, 0.29) is 12.0 Å². The van der Waals surface area contributed by atoms with Crippen LogP contribution in [0.4, 0.5) is 5.82 Å². The summed E-state index contributed by atoms with van der Waals surface area (Å²) in [7, 11) is 0. The molecule has 0 bridgehead atoms. The Kier molecular flexibility index (Phi) is 5.17. The fraction of sp³-hybridized carbons (Fsp3) is 0.625. The summed E-state index contributed by atoms with van der Waals surface area (Å²) in [5, 5.41) is 3.20. The van der Waals surface area contributed by atoms with Gasteiger partial charge >= 0.3 is 0 Å². The first-order valence-electron chi connectivity index (χ1n) is 7.68. The van der Waals surface area contributed by atoms with Crippen molar-refractivity contribution in [2.75, 3.05) is 31.6 Å². The number of ether oxygens (including phenoxy) is 1. The molecule has 5 heteroatoms. The Labute approximate surface area is 126 Å². The highest BCUT2D eigenvalue weighted by atomic mass is 16.5. The quantitative estimate of drug-likeness (QED) is 0.926. The predicted molar refractivity (Wildman–Crippen MR) is 83.8 cm³/mol. The Morgan fingerprint density at radius 2 is 2.29 bits per heavy atom. The Balaban J connectivity index is 2.26. The van der Waals surface area contributed by atoms with Crippen LogP contribution in [0.25, 0.3) is 0 Å². The van der Waals surface area contributed by atoms with Crippen molar-refractivity contribution < 1.29 is 9.53 Å². The smallest absolute Gasteiger partial charge is 0.254 e. The molecule has 21 heavy (non-hydrogen) atoms. The molecule has 0 radical (unpaired) electrons. The number of hydrogen-bond donors (Lipinski definition) is 1. The molecule has 1 aromatic rings. The lowest BCUT2D eigenvalue weighted by molar-refractivity contribution is -0.0124. The molecule has 1 aliphatic rings. The fourth-order valence-electron chi connectivity index (χ4n) is 2.43. The minimum absolute atomic E-state index is 0.0635. The van der Waals surface area contributed by atoms with Crippen LogP contribution >= 0.6 is 0 Å². The second-order valence-electron chi connectivity index (χ2n) is 5.78. The number of amides is 1. The molecule has 2 rings (SSSR count). The molecule has 2 heterocycles. The van der Waals surface area contributed by atoms with Gasteiger partial charge in [0.05, 0.1) is 12.7 Å². The molecule has 116 valence electrons. The SMILES string of the molecule is CCNc1cc(C(=O)N2CCOC(C)C2)cc(C(C)C)n1. The molecule has 1 amide bonds. The van der Waals surface area contributed by atoms with Crippen LogP contribution in [0.1, 0.15) is 49.7 Å². The van der Waals surface area contributed by atoms with Crippen molar-refractivity contribution in [3.05, 3.63) is 23.4 Å². The van der Waals surface area contributed by atoms with Crippen LogP contribution in [-0.2, 0) is 4.74 Å². The largest absolute Gasteiger partial charge is 0.375 e. The predicted octanol–water partition coefficient (Wildman–Crippen LogP) is 2.50. The maximum absolute atomic E-state index is 12.7. The van der Waals surface area contributed by atoms with Crippen molar-refractivity contribution in [2.45, 2.75) is 39.7 Å². The first-order chi connectivity index (χ1) is 10.0. The van der Waals surface area contributed by atoms with E-state index in [2.05, 4.69) is 24.1 Å². The van der Waals surface area contributed by atoms with Gasteiger partial charge in [-0.1, -0.05) is 13.8 Å². The zero-order valence-electron chi connectivity index (χ0n) is 13.3. The highest BCUT2D eigenvalue weighted by molar-refractivity contribution is 5.95. The molecule has 0 spiro atoms. The van der Waals surface area contributed by atoms with Gasteiger partial charge in [-0.05, 0) is 31.9 Å². The Hall–Kier alpha value is -1.62. The first-order valence-corrected chi connectivity index (χ1v) is 7.68. The third-order valence-corrected chi connectivity index (χ3v) is 3.57. The lowest BCUT2D eigenvalue weighted by Gasteiger charge is -2.31. The lowest BCUT2D eigenvalue weighted by atomic mass is 10.1. The number of morpholine rings is 1. The van der Waals surface area contributed by atoms with Gasteiger partial charge < -0.3 is 15.0 Å². The summed E-state index contributed by atoms with van der Waals surface area (Å²) in [6.07, 6.45) is 0.0994. The number of hydrogen-bond acceptors (Lipinski definition) is 4. The monoisotopic (exact) mass is 291 g/mol. The second kappa shape index (κ2) is 6.89. The second-order valence-corrected chi connectivity index (χ2v) is 5.78. The van der Waals surface area contributed by atoms with Crippen molar-refractivity contribution in [2.24, 2.45) is 0 Å².